The zero-order valence-electron chi connectivity index (χ0n) is 11.5. The number of anilines is 1. The molecule has 4 nitrogen and oxygen atoms in total. The first-order valence-electron chi connectivity index (χ1n) is 7.04. The number of hydrogen-bond acceptors (Lipinski definition) is 3. The summed E-state index contributed by atoms with van der Waals surface area (Å²) < 4.78 is 0. The molecule has 4 heteroatoms. The molecule has 0 spiro atoms. The molecule has 1 amide bonds. The Bertz CT molecular complexity index is 416. The van der Waals surface area contributed by atoms with Crippen LogP contribution in [0.1, 0.15) is 43.0 Å². The summed E-state index contributed by atoms with van der Waals surface area (Å²) in [6.07, 6.45) is 5.09. The van der Waals surface area contributed by atoms with Crippen LogP contribution in [0, 0.1) is 11.8 Å². The third-order valence-electron chi connectivity index (χ3n) is 3.91. The lowest BCUT2D eigenvalue weighted by Gasteiger charge is -2.26. The van der Waals surface area contributed by atoms with Crippen molar-refractivity contribution in [3.05, 3.63) is 29.8 Å². The summed E-state index contributed by atoms with van der Waals surface area (Å²) in [6, 6.07) is 7.18. The van der Waals surface area contributed by atoms with Gasteiger partial charge in [-0.3, -0.25) is 10.6 Å². The third kappa shape index (κ3) is 3.96. The number of hydrazine groups is 1. The third-order valence-corrected chi connectivity index (χ3v) is 3.91. The van der Waals surface area contributed by atoms with Gasteiger partial charge in [-0.15, -0.1) is 0 Å². The molecular formula is C15H23N3O. The number of carbonyl (C=O) groups excluding carboxylic acids is 1. The molecule has 2 atom stereocenters. The molecule has 2 rings (SSSR count). The number of amides is 1. The van der Waals surface area contributed by atoms with Crippen molar-refractivity contribution < 1.29 is 4.79 Å². The van der Waals surface area contributed by atoms with Gasteiger partial charge >= 0.3 is 0 Å². The average Bonchev–Trinajstić information content (AvgIpc) is 2.45. The first-order valence-corrected chi connectivity index (χ1v) is 7.04. The van der Waals surface area contributed by atoms with Crippen molar-refractivity contribution in [2.24, 2.45) is 17.7 Å². The zero-order chi connectivity index (χ0) is 13.7. The Balaban J connectivity index is 1.83. The van der Waals surface area contributed by atoms with Crippen LogP contribution >= 0.6 is 0 Å². The molecule has 1 saturated carbocycles. The molecule has 2 unspecified atom stereocenters. The number of nitrogens with two attached hydrogens (primary N) is 1. The van der Waals surface area contributed by atoms with E-state index in [0.717, 1.165) is 18.2 Å². The largest absolute Gasteiger partial charge is 0.352 e. The van der Waals surface area contributed by atoms with Gasteiger partial charge in [0.2, 0.25) is 0 Å². The molecule has 0 aromatic heterocycles. The van der Waals surface area contributed by atoms with Crippen LogP contribution in [0.15, 0.2) is 24.3 Å². The number of nitrogens with one attached hydrogen (secondary N) is 2. The van der Waals surface area contributed by atoms with Gasteiger partial charge in [-0.1, -0.05) is 19.8 Å². The highest BCUT2D eigenvalue weighted by Crippen LogP contribution is 2.27. The van der Waals surface area contributed by atoms with E-state index >= 15 is 0 Å². The van der Waals surface area contributed by atoms with Gasteiger partial charge in [0.05, 0.1) is 0 Å². The van der Waals surface area contributed by atoms with E-state index in [0.29, 0.717) is 11.5 Å². The fraction of sp³-hybridized carbons (Fsp3) is 0.533. The highest BCUT2D eigenvalue weighted by Gasteiger charge is 2.19. The van der Waals surface area contributed by atoms with Crippen LogP contribution in [0.4, 0.5) is 5.69 Å². The summed E-state index contributed by atoms with van der Waals surface area (Å²) in [5.74, 6) is 6.73. The second-order valence-electron chi connectivity index (χ2n) is 5.57. The van der Waals surface area contributed by atoms with Crippen molar-refractivity contribution in [2.45, 2.75) is 32.6 Å². The van der Waals surface area contributed by atoms with Crippen molar-refractivity contribution >= 4 is 11.6 Å². The van der Waals surface area contributed by atoms with Gasteiger partial charge in [-0.25, -0.2) is 0 Å². The van der Waals surface area contributed by atoms with E-state index in [2.05, 4.69) is 17.7 Å². The second-order valence-corrected chi connectivity index (χ2v) is 5.57. The number of rotatable bonds is 4. The van der Waals surface area contributed by atoms with E-state index in [9.17, 15) is 4.79 Å². The van der Waals surface area contributed by atoms with Crippen LogP contribution in [0.3, 0.4) is 0 Å². The lowest BCUT2D eigenvalue weighted by molar-refractivity contribution is 0.0940. The quantitative estimate of drug-likeness (QED) is 0.576. The molecule has 19 heavy (non-hydrogen) atoms. The predicted octanol–water partition coefficient (Wildman–Crippen LogP) is 2.53. The van der Waals surface area contributed by atoms with Gasteiger partial charge in [-0.2, -0.15) is 0 Å². The topological polar surface area (TPSA) is 67.2 Å². The van der Waals surface area contributed by atoms with Crippen molar-refractivity contribution in [3.8, 4) is 0 Å². The fourth-order valence-electron chi connectivity index (χ4n) is 2.80. The highest BCUT2D eigenvalue weighted by atomic mass is 16.1. The number of benzene rings is 1. The minimum Gasteiger partial charge on any atom is -0.352 e. The van der Waals surface area contributed by atoms with E-state index in [1.165, 1.54) is 25.7 Å². The average molecular weight is 261 g/mol. The normalized spacial score (nSPS) is 22.8. The molecule has 0 heterocycles. The van der Waals surface area contributed by atoms with Gasteiger partial charge < -0.3 is 10.7 Å². The lowest BCUT2D eigenvalue weighted by atomic mass is 9.82. The van der Waals surface area contributed by atoms with Crippen molar-refractivity contribution in [2.75, 3.05) is 12.0 Å². The monoisotopic (exact) mass is 261 g/mol. The first-order chi connectivity index (χ1) is 9.19. The van der Waals surface area contributed by atoms with Gasteiger partial charge in [0.15, 0.2) is 0 Å². The van der Waals surface area contributed by atoms with Crippen molar-refractivity contribution in [1.82, 2.24) is 5.32 Å². The molecule has 0 saturated heterocycles. The molecule has 1 fully saturated rings. The molecule has 4 N–H and O–H groups in total. The molecule has 1 aromatic rings. The van der Waals surface area contributed by atoms with Crippen molar-refractivity contribution in [3.63, 3.8) is 0 Å². The summed E-state index contributed by atoms with van der Waals surface area (Å²) in [6.45, 7) is 3.09. The van der Waals surface area contributed by atoms with Crippen LogP contribution in [0.2, 0.25) is 0 Å². The van der Waals surface area contributed by atoms with Gasteiger partial charge in [-0.05, 0) is 48.9 Å². The standard InChI is InChI=1S/C15H23N3O/c1-11-3-2-4-12(9-11)10-17-15(19)13-5-7-14(18-16)8-6-13/h5-8,11-12,18H,2-4,9-10,16H2,1H3,(H,17,19). The summed E-state index contributed by atoms with van der Waals surface area (Å²) in [7, 11) is 0. The minimum absolute atomic E-state index is 0.00166. The van der Waals surface area contributed by atoms with Crippen molar-refractivity contribution in [1.29, 1.82) is 0 Å². The van der Waals surface area contributed by atoms with Crippen LogP contribution in [-0.4, -0.2) is 12.5 Å². The Morgan fingerprint density at radius 1 is 1.32 bits per heavy atom. The molecule has 104 valence electrons. The Kier molecular flexibility index (Phi) is 4.80. The molecule has 0 radical (unpaired) electrons. The maximum absolute atomic E-state index is 12.0. The van der Waals surface area contributed by atoms with Gasteiger partial charge in [0.1, 0.15) is 0 Å². The number of nitrogen functional groups attached to an aromatic ring is 1. The van der Waals surface area contributed by atoms with Crippen LogP contribution in [0.5, 0.6) is 0 Å². The Labute approximate surface area is 114 Å². The molecule has 1 aliphatic rings. The number of hydrogen-bond donors (Lipinski definition) is 3. The summed E-state index contributed by atoms with van der Waals surface area (Å²) in [5, 5.41) is 3.04. The van der Waals surface area contributed by atoms with E-state index in [1.807, 2.05) is 0 Å². The Hall–Kier alpha value is -1.55. The summed E-state index contributed by atoms with van der Waals surface area (Å²) in [4.78, 5) is 12.0. The zero-order valence-corrected chi connectivity index (χ0v) is 11.5. The second kappa shape index (κ2) is 6.57. The SMILES string of the molecule is CC1CCCC(CNC(=O)c2ccc(NN)cc2)C1. The van der Waals surface area contributed by atoms with E-state index in [1.54, 1.807) is 24.3 Å². The van der Waals surface area contributed by atoms with E-state index in [-0.39, 0.29) is 5.91 Å². The maximum atomic E-state index is 12.0. The minimum atomic E-state index is 0.00166. The van der Waals surface area contributed by atoms with Gasteiger partial charge in [0.25, 0.3) is 5.91 Å². The van der Waals surface area contributed by atoms with Crippen LogP contribution < -0.4 is 16.6 Å². The molecular weight excluding hydrogens is 238 g/mol. The maximum Gasteiger partial charge on any atom is 0.251 e. The summed E-state index contributed by atoms with van der Waals surface area (Å²) >= 11 is 0. The molecule has 1 aliphatic carbocycles. The summed E-state index contributed by atoms with van der Waals surface area (Å²) in [5.41, 5.74) is 4.04. The van der Waals surface area contributed by atoms with Crippen LogP contribution in [-0.2, 0) is 0 Å². The lowest BCUT2D eigenvalue weighted by Crippen LogP contribution is -2.31. The van der Waals surface area contributed by atoms with Gasteiger partial charge in [0, 0.05) is 17.8 Å². The van der Waals surface area contributed by atoms with Crippen LogP contribution in [0.25, 0.3) is 0 Å². The van der Waals surface area contributed by atoms with E-state index < -0.39 is 0 Å². The van der Waals surface area contributed by atoms with E-state index in [4.69, 9.17) is 5.84 Å². The number of carbonyl (C=O) groups is 1. The predicted molar refractivity (Wildman–Crippen MR) is 77.7 cm³/mol. The fourth-order valence-corrected chi connectivity index (χ4v) is 2.80. The first kappa shape index (κ1) is 13.9. The molecule has 1 aromatic carbocycles. The molecule has 0 bridgehead atoms. The smallest absolute Gasteiger partial charge is 0.251 e. The highest BCUT2D eigenvalue weighted by molar-refractivity contribution is 5.94. The Morgan fingerprint density at radius 2 is 2.05 bits per heavy atom. The Morgan fingerprint density at radius 3 is 2.68 bits per heavy atom. The molecule has 0 aliphatic heterocycles.